The molecule has 25 heavy (non-hydrogen) atoms. The summed E-state index contributed by atoms with van der Waals surface area (Å²) in [5.41, 5.74) is 3.93. The van der Waals surface area contributed by atoms with Crippen molar-refractivity contribution in [3.05, 3.63) is 65.2 Å². The van der Waals surface area contributed by atoms with Crippen LogP contribution < -0.4 is 4.74 Å². The van der Waals surface area contributed by atoms with Crippen LogP contribution in [0.4, 0.5) is 0 Å². The second-order valence-corrected chi connectivity index (χ2v) is 5.90. The number of rotatable bonds is 8. The van der Waals surface area contributed by atoms with Gasteiger partial charge in [0.1, 0.15) is 5.75 Å². The van der Waals surface area contributed by atoms with Gasteiger partial charge in [-0.05, 0) is 61.2 Å². The van der Waals surface area contributed by atoms with Gasteiger partial charge in [-0.2, -0.15) is 0 Å². The summed E-state index contributed by atoms with van der Waals surface area (Å²) in [6.07, 6.45) is 4.30. The average molecular weight is 338 g/mol. The molecule has 0 bridgehead atoms. The molecule has 2 aromatic carbocycles. The Kier molecular flexibility index (Phi) is 7.27. The second kappa shape index (κ2) is 9.67. The Morgan fingerprint density at radius 2 is 1.60 bits per heavy atom. The van der Waals surface area contributed by atoms with Crippen molar-refractivity contribution in [2.75, 3.05) is 13.2 Å². The van der Waals surface area contributed by atoms with Crippen LogP contribution in [0.3, 0.4) is 0 Å². The Morgan fingerprint density at radius 1 is 0.960 bits per heavy atom. The summed E-state index contributed by atoms with van der Waals surface area (Å²) < 4.78 is 10.7. The first kappa shape index (κ1) is 18.8. The van der Waals surface area contributed by atoms with E-state index in [-0.39, 0.29) is 5.97 Å². The van der Waals surface area contributed by atoms with Gasteiger partial charge in [0.05, 0.1) is 18.8 Å². The van der Waals surface area contributed by atoms with E-state index in [2.05, 4.69) is 32.1 Å². The standard InChI is InChI=1S/C22H26O3/c1-4-6-15-25-21-13-11-19(12-14-21)17(3)16-18-7-9-20(10-8-18)22(23)24-5-2/h7-14,16H,4-6,15H2,1-3H3. The van der Waals surface area contributed by atoms with E-state index in [1.807, 2.05) is 24.3 Å². The van der Waals surface area contributed by atoms with E-state index in [9.17, 15) is 4.79 Å². The topological polar surface area (TPSA) is 35.5 Å². The minimum atomic E-state index is -0.284. The number of benzene rings is 2. The minimum Gasteiger partial charge on any atom is -0.494 e. The van der Waals surface area contributed by atoms with E-state index in [0.717, 1.165) is 41.9 Å². The van der Waals surface area contributed by atoms with Gasteiger partial charge in [-0.15, -0.1) is 0 Å². The summed E-state index contributed by atoms with van der Waals surface area (Å²) in [5, 5.41) is 0. The van der Waals surface area contributed by atoms with Crippen molar-refractivity contribution in [2.45, 2.75) is 33.6 Å². The van der Waals surface area contributed by atoms with Crippen molar-refractivity contribution in [1.29, 1.82) is 0 Å². The number of unbranched alkanes of at least 4 members (excludes halogenated alkanes) is 1. The van der Waals surface area contributed by atoms with Gasteiger partial charge in [0.2, 0.25) is 0 Å². The smallest absolute Gasteiger partial charge is 0.338 e. The Morgan fingerprint density at radius 3 is 2.20 bits per heavy atom. The number of carbonyl (C=O) groups is 1. The van der Waals surface area contributed by atoms with Crippen LogP contribution in [0, 0.1) is 0 Å². The summed E-state index contributed by atoms with van der Waals surface area (Å²) in [7, 11) is 0. The first-order valence-corrected chi connectivity index (χ1v) is 8.82. The molecule has 0 saturated carbocycles. The molecule has 0 fully saturated rings. The SMILES string of the molecule is CCCCOc1ccc(C(C)=Cc2ccc(C(=O)OCC)cc2)cc1. The third kappa shape index (κ3) is 5.79. The first-order chi connectivity index (χ1) is 12.1. The number of hydrogen-bond donors (Lipinski definition) is 0. The maximum absolute atomic E-state index is 11.7. The molecule has 132 valence electrons. The van der Waals surface area contributed by atoms with Crippen LogP contribution in [0.25, 0.3) is 11.6 Å². The first-order valence-electron chi connectivity index (χ1n) is 8.82. The summed E-state index contributed by atoms with van der Waals surface area (Å²) in [4.78, 5) is 11.7. The van der Waals surface area contributed by atoms with Crippen molar-refractivity contribution in [2.24, 2.45) is 0 Å². The number of esters is 1. The molecule has 0 radical (unpaired) electrons. The normalized spacial score (nSPS) is 11.2. The summed E-state index contributed by atoms with van der Waals surface area (Å²) in [6, 6.07) is 15.6. The highest BCUT2D eigenvalue weighted by molar-refractivity contribution is 5.90. The molecule has 0 spiro atoms. The summed E-state index contributed by atoms with van der Waals surface area (Å²) >= 11 is 0. The van der Waals surface area contributed by atoms with Gasteiger partial charge < -0.3 is 9.47 Å². The zero-order valence-electron chi connectivity index (χ0n) is 15.2. The fourth-order valence-electron chi connectivity index (χ4n) is 2.41. The second-order valence-electron chi connectivity index (χ2n) is 5.90. The van der Waals surface area contributed by atoms with Gasteiger partial charge >= 0.3 is 5.97 Å². The fraction of sp³-hybridized carbons (Fsp3) is 0.318. The molecule has 0 aromatic heterocycles. The summed E-state index contributed by atoms with van der Waals surface area (Å²) in [5.74, 6) is 0.622. The molecule has 0 heterocycles. The highest BCUT2D eigenvalue weighted by Crippen LogP contribution is 2.21. The lowest BCUT2D eigenvalue weighted by atomic mass is 10.0. The Balaban J connectivity index is 2.03. The Bertz CT molecular complexity index is 697. The third-order valence-electron chi connectivity index (χ3n) is 3.88. The highest BCUT2D eigenvalue weighted by atomic mass is 16.5. The molecule has 0 saturated heterocycles. The monoisotopic (exact) mass is 338 g/mol. The molecular weight excluding hydrogens is 312 g/mol. The quantitative estimate of drug-likeness (QED) is 0.357. The molecule has 0 aliphatic carbocycles. The van der Waals surface area contributed by atoms with Crippen molar-refractivity contribution in [3.8, 4) is 5.75 Å². The predicted molar refractivity (Wildman–Crippen MR) is 103 cm³/mol. The van der Waals surface area contributed by atoms with E-state index in [1.165, 1.54) is 0 Å². The van der Waals surface area contributed by atoms with Crippen LogP contribution in [0.5, 0.6) is 5.75 Å². The molecular formula is C22H26O3. The molecule has 3 heteroatoms. The molecule has 0 atom stereocenters. The molecule has 2 aromatic rings. The molecule has 2 rings (SSSR count). The fourth-order valence-corrected chi connectivity index (χ4v) is 2.41. The molecule has 0 N–H and O–H groups in total. The predicted octanol–water partition coefficient (Wildman–Crippen LogP) is 5.60. The highest BCUT2D eigenvalue weighted by Gasteiger charge is 2.05. The number of ether oxygens (including phenoxy) is 2. The van der Waals surface area contributed by atoms with E-state index in [4.69, 9.17) is 9.47 Å². The van der Waals surface area contributed by atoms with Crippen LogP contribution >= 0.6 is 0 Å². The summed E-state index contributed by atoms with van der Waals surface area (Å²) in [6.45, 7) is 7.18. The Labute approximate surface area is 150 Å². The Hall–Kier alpha value is -2.55. The van der Waals surface area contributed by atoms with Crippen LogP contribution in [0.1, 0.15) is 55.1 Å². The maximum Gasteiger partial charge on any atom is 0.338 e. The van der Waals surface area contributed by atoms with Gasteiger partial charge in [0.25, 0.3) is 0 Å². The molecule has 0 aliphatic rings. The third-order valence-corrected chi connectivity index (χ3v) is 3.88. The average Bonchev–Trinajstić information content (AvgIpc) is 2.63. The molecule has 0 unspecified atom stereocenters. The van der Waals surface area contributed by atoms with Gasteiger partial charge in [0.15, 0.2) is 0 Å². The van der Waals surface area contributed by atoms with Gasteiger partial charge in [-0.3, -0.25) is 0 Å². The van der Waals surface area contributed by atoms with E-state index >= 15 is 0 Å². The van der Waals surface area contributed by atoms with Crippen LogP contribution in [-0.2, 0) is 4.74 Å². The van der Waals surface area contributed by atoms with E-state index < -0.39 is 0 Å². The van der Waals surface area contributed by atoms with Crippen molar-refractivity contribution in [3.63, 3.8) is 0 Å². The van der Waals surface area contributed by atoms with Gasteiger partial charge in [0, 0.05) is 0 Å². The van der Waals surface area contributed by atoms with E-state index in [0.29, 0.717) is 12.2 Å². The zero-order valence-corrected chi connectivity index (χ0v) is 15.2. The lowest BCUT2D eigenvalue weighted by Crippen LogP contribution is -2.03. The van der Waals surface area contributed by atoms with Crippen LogP contribution in [-0.4, -0.2) is 19.2 Å². The number of allylic oxidation sites excluding steroid dienone is 1. The molecule has 3 nitrogen and oxygen atoms in total. The van der Waals surface area contributed by atoms with Crippen molar-refractivity contribution in [1.82, 2.24) is 0 Å². The largest absolute Gasteiger partial charge is 0.494 e. The maximum atomic E-state index is 11.7. The molecule has 0 aliphatic heterocycles. The van der Waals surface area contributed by atoms with Gasteiger partial charge in [-0.1, -0.05) is 43.7 Å². The van der Waals surface area contributed by atoms with Crippen LogP contribution in [0.15, 0.2) is 48.5 Å². The lowest BCUT2D eigenvalue weighted by molar-refractivity contribution is 0.0526. The van der Waals surface area contributed by atoms with Gasteiger partial charge in [-0.25, -0.2) is 4.79 Å². The molecule has 0 amide bonds. The minimum absolute atomic E-state index is 0.284. The van der Waals surface area contributed by atoms with Crippen molar-refractivity contribution >= 4 is 17.6 Å². The number of hydrogen-bond acceptors (Lipinski definition) is 3. The van der Waals surface area contributed by atoms with Crippen LogP contribution in [0.2, 0.25) is 0 Å². The van der Waals surface area contributed by atoms with Crippen molar-refractivity contribution < 1.29 is 14.3 Å². The van der Waals surface area contributed by atoms with E-state index in [1.54, 1.807) is 19.1 Å². The lowest BCUT2D eigenvalue weighted by Gasteiger charge is -2.07. The zero-order chi connectivity index (χ0) is 18.1. The number of carbonyl (C=O) groups excluding carboxylic acids is 1.